The molecule has 0 unspecified atom stereocenters. The molecule has 1 atom stereocenters. The SMILES string of the molecule is C[C@@H](Nc1nc2c(S(=O)(=O)c3ccc(Br)cc3)nnn2c2ccsc12)c1ccccc1. The minimum atomic E-state index is -3.89. The maximum Gasteiger partial charge on any atom is 0.229 e. The van der Waals surface area contributed by atoms with Crippen LogP contribution < -0.4 is 5.32 Å². The molecule has 3 aromatic heterocycles. The molecular weight excluding hydrogens is 498 g/mol. The van der Waals surface area contributed by atoms with Crippen molar-refractivity contribution in [3.05, 3.63) is 76.1 Å². The smallest absolute Gasteiger partial charge is 0.229 e. The van der Waals surface area contributed by atoms with E-state index in [1.807, 2.05) is 48.7 Å². The highest BCUT2D eigenvalue weighted by Gasteiger charge is 2.27. The first-order valence-electron chi connectivity index (χ1n) is 9.40. The van der Waals surface area contributed by atoms with E-state index < -0.39 is 9.84 Å². The number of sulfone groups is 1. The molecule has 31 heavy (non-hydrogen) atoms. The molecule has 5 rings (SSSR count). The Bertz CT molecular complexity index is 1500. The van der Waals surface area contributed by atoms with Gasteiger partial charge in [-0.25, -0.2) is 13.4 Å². The predicted octanol–water partition coefficient (Wildman–Crippen LogP) is 5.11. The molecule has 0 radical (unpaired) electrons. The minimum absolute atomic E-state index is 0.0242. The number of aromatic nitrogens is 4. The monoisotopic (exact) mass is 513 g/mol. The molecule has 0 aliphatic heterocycles. The van der Waals surface area contributed by atoms with Gasteiger partial charge in [0.25, 0.3) is 0 Å². The summed E-state index contributed by atoms with van der Waals surface area (Å²) in [7, 11) is -3.89. The number of thiophene rings is 1. The van der Waals surface area contributed by atoms with Gasteiger partial charge in [0, 0.05) is 10.5 Å². The van der Waals surface area contributed by atoms with Gasteiger partial charge in [-0.3, -0.25) is 0 Å². The Morgan fingerprint density at radius 3 is 2.55 bits per heavy atom. The van der Waals surface area contributed by atoms with Crippen LogP contribution in [0.2, 0.25) is 0 Å². The second kappa shape index (κ2) is 7.70. The highest BCUT2D eigenvalue weighted by molar-refractivity contribution is 9.10. The number of anilines is 1. The lowest BCUT2D eigenvalue weighted by atomic mass is 10.1. The summed E-state index contributed by atoms with van der Waals surface area (Å²) in [6.45, 7) is 2.04. The lowest BCUT2D eigenvalue weighted by Crippen LogP contribution is -2.10. The molecule has 0 spiro atoms. The first kappa shape index (κ1) is 20.1. The number of benzene rings is 2. The molecule has 2 aromatic carbocycles. The second-order valence-electron chi connectivity index (χ2n) is 6.96. The normalized spacial score (nSPS) is 13.0. The molecule has 10 heteroatoms. The van der Waals surface area contributed by atoms with E-state index in [-0.39, 0.29) is 21.6 Å². The average Bonchev–Trinajstić information content (AvgIpc) is 3.42. The molecule has 0 saturated carbocycles. The van der Waals surface area contributed by atoms with Crippen LogP contribution in [0.15, 0.2) is 80.4 Å². The van der Waals surface area contributed by atoms with Crippen molar-refractivity contribution in [3.8, 4) is 0 Å². The Balaban J connectivity index is 1.66. The Kier molecular flexibility index (Phi) is 4.99. The summed E-state index contributed by atoms with van der Waals surface area (Å²) in [6, 6.07) is 18.3. The van der Waals surface area contributed by atoms with E-state index >= 15 is 0 Å². The fourth-order valence-electron chi connectivity index (χ4n) is 3.35. The number of fused-ring (bicyclic) bond motifs is 3. The van der Waals surface area contributed by atoms with Gasteiger partial charge in [0.15, 0.2) is 5.65 Å². The van der Waals surface area contributed by atoms with Gasteiger partial charge in [-0.1, -0.05) is 51.5 Å². The van der Waals surface area contributed by atoms with Gasteiger partial charge in [-0.15, -0.1) is 16.4 Å². The van der Waals surface area contributed by atoms with E-state index in [1.165, 1.54) is 28.0 Å². The highest BCUT2D eigenvalue weighted by Crippen LogP contribution is 2.33. The third-order valence-corrected chi connectivity index (χ3v) is 8.06. The van der Waals surface area contributed by atoms with Gasteiger partial charge >= 0.3 is 0 Å². The molecule has 0 saturated heterocycles. The van der Waals surface area contributed by atoms with E-state index in [9.17, 15) is 8.42 Å². The van der Waals surface area contributed by atoms with Crippen molar-refractivity contribution in [2.24, 2.45) is 0 Å². The Morgan fingerprint density at radius 1 is 1.06 bits per heavy atom. The zero-order chi connectivity index (χ0) is 21.6. The first-order valence-corrected chi connectivity index (χ1v) is 12.6. The number of nitrogens with zero attached hydrogens (tertiary/aromatic N) is 4. The van der Waals surface area contributed by atoms with Crippen molar-refractivity contribution in [1.82, 2.24) is 19.8 Å². The zero-order valence-corrected chi connectivity index (χ0v) is 19.4. The molecule has 0 aliphatic rings. The van der Waals surface area contributed by atoms with Crippen LogP contribution in [0.3, 0.4) is 0 Å². The number of nitrogens with one attached hydrogen (secondary N) is 1. The third kappa shape index (κ3) is 3.50. The van der Waals surface area contributed by atoms with Gasteiger partial charge in [0.2, 0.25) is 14.9 Å². The van der Waals surface area contributed by atoms with Crippen LogP contribution in [0.25, 0.3) is 15.9 Å². The quantitative estimate of drug-likeness (QED) is 0.351. The maximum atomic E-state index is 13.3. The van der Waals surface area contributed by atoms with Crippen molar-refractivity contribution in [2.45, 2.75) is 22.9 Å². The van der Waals surface area contributed by atoms with Crippen LogP contribution in [-0.2, 0) is 9.84 Å². The average molecular weight is 514 g/mol. The van der Waals surface area contributed by atoms with Crippen LogP contribution in [0.5, 0.6) is 0 Å². The number of rotatable bonds is 5. The molecule has 7 nitrogen and oxygen atoms in total. The predicted molar refractivity (Wildman–Crippen MR) is 124 cm³/mol. The lowest BCUT2D eigenvalue weighted by molar-refractivity contribution is 0.592. The van der Waals surface area contributed by atoms with Crippen LogP contribution in [0.4, 0.5) is 5.82 Å². The molecular formula is C21H16BrN5O2S2. The molecule has 0 aliphatic carbocycles. The van der Waals surface area contributed by atoms with Crippen LogP contribution in [0.1, 0.15) is 18.5 Å². The maximum absolute atomic E-state index is 13.3. The van der Waals surface area contributed by atoms with E-state index in [4.69, 9.17) is 0 Å². The Morgan fingerprint density at radius 2 is 1.81 bits per heavy atom. The van der Waals surface area contributed by atoms with Crippen molar-refractivity contribution in [3.63, 3.8) is 0 Å². The summed E-state index contributed by atoms with van der Waals surface area (Å²) < 4.78 is 29.7. The summed E-state index contributed by atoms with van der Waals surface area (Å²) in [5.41, 5.74) is 2.04. The van der Waals surface area contributed by atoms with Gasteiger partial charge < -0.3 is 5.32 Å². The van der Waals surface area contributed by atoms with Crippen molar-refractivity contribution in [2.75, 3.05) is 5.32 Å². The van der Waals surface area contributed by atoms with Crippen molar-refractivity contribution < 1.29 is 8.42 Å². The van der Waals surface area contributed by atoms with Crippen LogP contribution in [-0.4, -0.2) is 28.2 Å². The third-order valence-electron chi connectivity index (χ3n) is 4.95. The minimum Gasteiger partial charge on any atom is -0.362 e. The number of hydrogen-bond donors (Lipinski definition) is 1. The van der Waals surface area contributed by atoms with Crippen LogP contribution >= 0.6 is 27.3 Å². The van der Waals surface area contributed by atoms with Crippen molar-refractivity contribution in [1.29, 1.82) is 0 Å². The van der Waals surface area contributed by atoms with E-state index in [1.54, 1.807) is 12.1 Å². The second-order valence-corrected chi connectivity index (χ2v) is 10.7. The van der Waals surface area contributed by atoms with Gasteiger partial charge in [-0.2, -0.15) is 4.52 Å². The van der Waals surface area contributed by atoms with Gasteiger partial charge in [0.05, 0.1) is 15.1 Å². The van der Waals surface area contributed by atoms with E-state index in [2.05, 4.69) is 36.5 Å². The Labute approximate surface area is 190 Å². The fraction of sp³-hybridized carbons (Fsp3) is 0.0952. The molecule has 3 heterocycles. The summed E-state index contributed by atoms with van der Waals surface area (Å²) in [4.78, 5) is 4.80. The number of hydrogen-bond acceptors (Lipinski definition) is 7. The lowest BCUT2D eigenvalue weighted by Gasteiger charge is -2.15. The fourth-order valence-corrected chi connectivity index (χ4v) is 5.67. The zero-order valence-electron chi connectivity index (χ0n) is 16.2. The largest absolute Gasteiger partial charge is 0.362 e. The van der Waals surface area contributed by atoms with E-state index in [0.717, 1.165) is 20.3 Å². The number of halogens is 1. The Hall–Kier alpha value is -2.82. The highest BCUT2D eigenvalue weighted by atomic mass is 79.9. The summed E-state index contributed by atoms with van der Waals surface area (Å²) in [5.74, 6) is 0.600. The molecule has 0 fully saturated rings. The summed E-state index contributed by atoms with van der Waals surface area (Å²) in [6.07, 6.45) is 0. The van der Waals surface area contributed by atoms with Gasteiger partial charge in [0.1, 0.15) is 5.82 Å². The molecule has 0 amide bonds. The first-order chi connectivity index (χ1) is 14.9. The van der Waals surface area contributed by atoms with Crippen molar-refractivity contribution >= 4 is 58.8 Å². The molecule has 156 valence electrons. The van der Waals surface area contributed by atoms with E-state index in [0.29, 0.717) is 5.82 Å². The summed E-state index contributed by atoms with van der Waals surface area (Å²) in [5, 5.41) is 13.3. The molecule has 5 aromatic rings. The van der Waals surface area contributed by atoms with Gasteiger partial charge in [-0.05, 0) is 48.2 Å². The standard InChI is InChI=1S/C21H16BrN5O2S2/c1-13(14-5-3-2-4-6-14)23-19-18-17(11-12-30-18)27-20(24-19)21(25-26-27)31(28,29)16-9-7-15(22)8-10-16/h2-13H,1H3,(H,23,24)/t13-/m1/s1. The molecule has 1 N–H and O–H groups in total. The topological polar surface area (TPSA) is 89.2 Å². The van der Waals surface area contributed by atoms with Crippen LogP contribution in [0, 0.1) is 0 Å². The summed E-state index contributed by atoms with van der Waals surface area (Å²) >= 11 is 4.84. The molecule has 0 bridgehead atoms.